The molecule has 668 valence electrons. The summed E-state index contributed by atoms with van der Waals surface area (Å²) in [5.41, 5.74) is 31.5. The van der Waals surface area contributed by atoms with Gasteiger partial charge in [-0.05, 0) is 282 Å². The fourth-order valence-electron chi connectivity index (χ4n) is 20.5. The van der Waals surface area contributed by atoms with Crippen molar-refractivity contribution in [1.82, 2.24) is 34.8 Å². The summed E-state index contributed by atoms with van der Waals surface area (Å²) < 4.78 is 57.2. The van der Waals surface area contributed by atoms with E-state index in [1.165, 1.54) is 16.9 Å². The molecule has 0 bridgehead atoms. The number of para-hydroxylation sites is 6. The first-order valence-electron chi connectivity index (χ1n) is 47.1. The molecule has 5 atom stereocenters. The van der Waals surface area contributed by atoms with E-state index in [0.29, 0.717) is 28.6 Å². The average Bonchev–Trinajstić information content (AvgIpc) is 1.14. The van der Waals surface area contributed by atoms with Crippen molar-refractivity contribution < 1.29 is 26.2 Å². The zero-order valence-corrected chi connectivity index (χ0v) is 79.4. The summed E-state index contributed by atoms with van der Waals surface area (Å²) in [6.45, 7) is 42.9. The van der Waals surface area contributed by atoms with E-state index < -0.39 is 18.1 Å². The fourth-order valence-corrected chi connectivity index (χ4v) is 20.5. The lowest BCUT2D eigenvalue weighted by Crippen LogP contribution is -2.42. The third-order valence-electron chi connectivity index (χ3n) is 27.1. The Labute approximate surface area is 774 Å². The van der Waals surface area contributed by atoms with Crippen LogP contribution < -0.4 is 44.1 Å². The highest BCUT2D eigenvalue weighted by Gasteiger charge is 2.42. The molecule has 0 spiro atoms. The predicted octanol–water partition coefficient (Wildman–Crippen LogP) is 28.0. The van der Waals surface area contributed by atoms with E-state index in [2.05, 4.69) is 315 Å². The molecule has 16 heterocycles. The monoisotopic (exact) mass is 1750 g/mol. The summed E-state index contributed by atoms with van der Waals surface area (Å²) in [6.07, 6.45) is 6.22. The summed E-state index contributed by atoms with van der Waals surface area (Å²) in [5, 5.41) is 10.6. The van der Waals surface area contributed by atoms with Crippen LogP contribution in [0, 0.1) is 69.2 Å². The first kappa shape index (κ1) is 81.9. The number of hydrogen-bond donors (Lipinski definition) is 0. The van der Waals surface area contributed by atoms with Gasteiger partial charge in [-0.3, -0.25) is 0 Å². The molecule has 0 amide bonds. The van der Waals surface area contributed by atoms with Gasteiger partial charge in [0.05, 0.1) is 72.4 Å². The Kier molecular flexibility index (Phi) is 20.5. The molecule has 11 aromatic heterocycles. The van der Waals surface area contributed by atoms with Crippen molar-refractivity contribution in [2.24, 2.45) is 0 Å². The maximum atomic E-state index is 8.74. The number of anilines is 13. The van der Waals surface area contributed by atoms with Crippen LogP contribution in [-0.2, 0) is 0 Å². The number of aromatic nitrogens is 6. The molecule has 0 radical (unpaired) electrons. The lowest BCUT2D eigenvalue weighted by atomic mass is 10.1. The predicted molar refractivity (Wildman–Crippen MR) is 545 cm³/mol. The van der Waals surface area contributed by atoms with Gasteiger partial charge in [0.25, 0.3) is 0 Å². The second-order valence-corrected chi connectivity index (χ2v) is 36.4. The third kappa shape index (κ3) is 14.0. The van der Waals surface area contributed by atoms with Crippen LogP contribution in [0.3, 0.4) is 0 Å². The number of furan rings is 5. The molecule has 5 unspecified atom stereocenters. The molecule has 21 heteroatoms. The molecular formula is C111H114N16O5. The molecule has 8 aromatic carbocycles. The van der Waals surface area contributed by atoms with Crippen molar-refractivity contribution in [3.63, 3.8) is 0 Å². The average molecular weight is 1760 g/mol. The minimum atomic E-state index is -0.751. The number of nitrogens with zero attached hydrogens (tertiary/aromatic N) is 16. The van der Waals surface area contributed by atoms with Crippen molar-refractivity contribution in [3.05, 3.63) is 281 Å². The third-order valence-corrected chi connectivity index (χ3v) is 27.1. The van der Waals surface area contributed by atoms with E-state index in [-0.39, 0.29) is 30.8 Å². The van der Waals surface area contributed by atoms with E-state index in [0.717, 1.165) is 195 Å². The minimum Gasteiger partial charge on any atom is -0.435 e. The molecule has 0 saturated carbocycles. The molecule has 5 aliphatic heterocycles. The first-order valence-corrected chi connectivity index (χ1v) is 45.6. The van der Waals surface area contributed by atoms with Crippen LogP contribution in [0.25, 0.3) is 110 Å². The standard InChI is InChI=1S/2C24H25N3O.C22H21N3O.C21H20N4O.C20H23N3O/c2*1-14(2)26-17(5)27(21-9-7-6-8-20(21)26)22-15(3)10-12-18-19-13-11-16(4)25-24(19)28-23(18)22;1-13-9-11-16-17-12-10-14(2)23-22(17)26-21(16)20(13)25-15(3)24(4)18-7-5-6-8-19(18)25;1-12-7-9-15-16-10-8-13(2)23-21(16)26-19(15)18(12)25-14(3)24(4)17-6-5-11-22-20(17)25;1-12(2)22-10-11-23(15(22)5)18-13(3)6-8-16-17-9-7-14(4)21-20(17)24-19(16)18/h2*6-14,17H,1-5H3;5-12,15H,1-4H3;5-11,14H,1-4H3;6-12,15H,1-5H3/i2*14D;;;12D. The van der Waals surface area contributed by atoms with E-state index in [4.69, 9.17) is 26.2 Å². The van der Waals surface area contributed by atoms with Crippen LogP contribution in [-0.4, -0.2) is 97.8 Å². The Bertz CT molecular complexity index is 7610. The number of fused-ring (bicyclic) bond motifs is 19. The summed E-state index contributed by atoms with van der Waals surface area (Å²) in [5.74, 6) is 0.961. The van der Waals surface area contributed by atoms with Gasteiger partial charge in [0.2, 0.25) is 28.6 Å². The molecule has 0 N–H and O–H groups in total. The van der Waals surface area contributed by atoms with Gasteiger partial charge in [-0.2, -0.15) is 0 Å². The van der Waals surface area contributed by atoms with Crippen LogP contribution in [0.15, 0.2) is 247 Å². The summed E-state index contributed by atoms with van der Waals surface area (Å²) in [7, 11) is 4.24. The second-order valence-electron chi connectivity index (χ2n) is 36.4. The molecule has 19 aromatic rings. The largest absolute Gasteiger partial charge is 0.435 e. The molecule has 21 nitrogen and oxygen atoms in total. The van der Waals surface area contributed by atoms with Crippen LogP contribution in [0.1, 0.15) is 137 Å². The van der Waals surface area contributed by atoms with Crippen molar-refractivity contribution in [2.75, 3.05) is 58.2 Å². The Morgan fingerprint density at radius 3 is 0.879 bits per heavy atom. The van der Waals surface area contributed by atoms with Gasteiger partial charge in [-0.1, -0.05) is 97.1 Å². The van der Waals surface area contributed by atoms with E-state index in [1.807, 2.05) is 148 Å². The molecule has 24 rings (SSSR count). The van der Waals surface area contributed by atoms with Crippen LogP contribution in [0.4, 0.5) is 74.1 Å². The molecule has 0 aliphatic carbocycles. The fraction of sp³-hybridized carbons (Fsp3) is 0.279. The van der Waals surface area contributed by atoms with Gasteiger partial charge >= 0.3 is 0 Å². The maximum Gasteiger partial charge on any atom is 0.227 e. The molecule has 132 heavy (non-hydrogen) atoms. The Hall–Kier alpha value is -14.6. The normalized spacial score (nSPS) is 17.4. The minimum absolute atomic E-state index is 0.0212. The van der Waals surface area contributed by atoms with E-state index in [1.54, 1.807) is 0 Å². The van der Waals surface area contributed by atoms with Crippen LogP contribution in [0.5, 0.6) is 0 Å². The number of benzene rings is 8. The summed E-state index contributed by atoms with van der Waals surface area (Å²) in [6, 6.07) is 69.0. The first-order chi connectivity index (χ1) is 64.4. The number of rotatable bonds is 8. The lowest BCUT2D eigenvalue weighted by molar-refractivity contribution is 0.263. The maximum absolute atomic E-state index is 8.74. The van der Waals surface area contributed by atoms with E-state index >= 15 is 0 Å². The highest BCUT2D eigenvalue weighted by atomic mass is 16.4. The van der Waals surface area contributed by atoms with Gasteiger partial charge in [0, 0.05) is 133 Å². The zero-order chi connectivity index (χ0) is 94.9. The molecule has 5 aliphatic rings. The topological polar surface area (TPSA) is 175 Å². The number of aryl methyl sites for hydroxylation is 10. The number of pyridine rings is 6. The molecule has 0 fully saturated rings. The highest BCUT2D eigenvalue weighted by Crippen LogP contribution is 2.55. The van der Waals surface area contributed by atoms with Gasteiger partial charge < -0.3 is 71.1 Å². The van der Waals surface area contributed by atoms with Gasteiger partial charge in [-0.15, -0.1) is 0 Å². The van der Waals surface area contributed by atoms with Gasteiger partial charge in [0.1, 0.15) is 30.8 Å². The zero-order valence-electron chi connectivity index (χ0n) is 82.4. The molecular weight excluding hydrogens is 1640 g/mol. The van der Waals surface area contributed by atoms with E-state index in [9.17, 15) is 0 Å². The lowest BCUT2D eigenvalue weighted by Gasteiger charge is -2.33. The SMILES string of the molecule is Cc1ccc2c(n1)oc1c(N3c4ccccc4N(C)C3C)c(C)ccc12.Cc1ccc2c(n1)oc1c(N3c4ncccc4N(C)C3C)c(C)ccc12.[2H]C(C)(C)N1C=CN(c2c(C)ccc3c2oc2nc(C)ccc23)C1C.[2H]C(C)(C)N1c2ccccc2N(c2c(C)ccc3c2oc2nc(C)ccc23)C1C.[2H]C(C)(C)N1c2ccccc2N(c2c(C)ccc3c2oc2nc(C)ccc23)C1C. The summed E-state index contributed by atoms with van der Waals surface area (Å²) >= 11 is 0. The van der Waals surface area contributed by atoms with Crippen LogP contribution >= 0.6 is 0 Å². The Balaban J connectivity index is 0.000000105. The molecule has 0 saturated heterocycles. The van der Waals surface area contributed by atoms with Crippen molar-refractivity contribution >= 4 is 184 Å². The Morgan fingerprint density at radius 1 is 0.273 bits per heavy atom. The van der Waals surface area contributed by atoms with Gasteiger partial charge in [0.15, 0.2) is 33.7 Å². The quantitative estimate of drug-likeness (QED) is 0.140. The highest BCUT2D eigenvalue weighted by molar-refractivity contribution is 6.15. The Morgan fingerprint density at radius 2 is 0.545 bits per heavy atom. The second kappa shape index (κ2) is 33.1. The van der Waals surface area contributed by atoms with Gasteiger partial charge in [-0.25, -0.2) is 29.9 Å². The van der Waals surface area contributed by atoms with Crippen molar-refractivity contribution in [1.29, 1.82) is 0 Å². The number of hydrogen-bond acceptors (Lipinski definition) is 21. The van der Waals surface area contributed by atoms with Crippen LogP contribution in [0.2, 0.25) is 0 Å². The summed E-state index contributed by atoms with van der Waals surface area (Å²) in [4.78, 5) is 49.9. The van der Waals surface area contributed by atoms with Crippen molar-refractivity contribution in [2.45, 2.75) is 194 Å². The van der Waals surface area contributed by atoms with Crippen molar-refractivity contribution in [3.8, 4) is 0 Å². The smallest absolute Gasteiger partial charge is 0.227 e.